The van der Waals surface area contributed by atoms with Gasteiger partial charge in [0.15, 0.2) is 0 Å². The molecule has 2 amide bonds. The molecule has 2 rings (SSSR count). The first kappa shape index (κ1) is 12.4. The number of aliphatic hydroxyl groups is 1. The Bertz CT molecular complexity index is 451. The van der Waals surface area contributed by atoms with Crippen LogP contribution in [0, 0.1) is 0 Å². The Morgan fingerprint density at radius 3 is 2.78 bits per heavy atom. The fourth-order valence-corrected chi connectivity index (χ4v) is 1.84. The number of hydrogen-bond acceptors (Lipinski definition) is 5. The fraction of sp³-hybridized carbons (Fsp3) is 0.455. The molecule has 0 spiro atoms. The number of nitrogens with zero attached hydrogens (tertiary/aromatic N) is 3. The summed E-state index contributed by atoms with van der Waals surface area (Å²) >= 11 is 0. The molecule has 1 aromatic heterocycles. The van der Waals surface area contributed by atoms with Gasteiger partial charge in [0.1, 0.15) is 5.69 Å². The van der Waals surface area contributed by atoms with E-state index in [1.165, 1.54) is 30.4 Å². The van der Waals surface area contributed by atoms with Crippen LogP contribution in [0.25, 0.3) is 0 Å². The molecule has 1 aliphatic heterocycles. The molecule has 96 valence electrons. The molecule has 0 aromatic carbocycles. The Labute approximate surface area is 104 Å². The molecule has 7 nitrogen and oxygen atoms in total. The van der Waals surface area contributed by atoms with Crippen LogP contribution in [0.2, 0.25) is 0 Å². The summed E-state index contributed by atoms with van der Waals surface area (Å²) in [6, 6.07) is -0.469. The number of rotatable bonds is 2. The number of hydrogen-bond donors (Lipinski definition) is 2. The van der Waals surface area contributed by atoms with Crippen LogP contribution in [-0.4, -0.2) is 57.0 Å². The van der Waals surface area contributed by atoms with Gasteiger partial charge in [0.25, 0.3) is 5.91 Å². The Morgan fingerprint density at radius 1 is 1.44 bits per heavy atom. The Balaban J connectivity index is 1.98. The molecule has 0 radical (unpaired) electrons. The number of aromatic nitrogens is 2. The van der Waals surface area contributed by atoms with E-state index in [1.54, 1.807) is 0 Å². The van der Waals surface area contributed by atoms with Crippen molar-refractivity contribution in [1.29, 1.82) is 0 Å². The number of carbonyl (C=O) groups excluding carboxylic acids is 2. The van der Waals surface area contributed by atoms with Crippen LogP contribution in [0.5, 0.6) is 0 Å². The molecule has 0 saturated carbocycles. The highest BCUT2D eigenvalue weighted by Gasteiger charge is 2.33. The maximum Gasteiger partial charge on any atom is 0.271 e. The third-order valence-corrected chi connectivity index (χ3v) is 2.85. The highest BCUT2D eigenvalue weighted by atomic mass is 16.3. The van der Waals surface area contributed by atoms with E-state index in [2.05, 4.69) is 15.3 Å². The second-order valence-electron chi connectivity index (χ2n) is 4.16. The van der Waals surface area contributed by atoms with Crippen molar-refractivity contribution in [3.05, 3.63) is 24.3 Å². The predicted molar refractivity (Wildman–Crippen MR) is 61.5 cm³/mol. The maximum atomic E-state index is 11.8. The Morgan fingerprint density at radius 2 is 2.22 bits per heavy atom. The predicted octanol–water partition coefficient (Wildman–Crippen LogP) is -1.20. The van der Waals surface area contributed by atoms with Gasteiger partial charge in [0.05, 0.1) is 18.3 Å². The van der Waals surface area contributed by atoms with Gasteiger partial charge < -0.3 is 15.3 Å². The van der Waals surface area contributed by atoms with Crippen molar-refractivity contribution >= 4 is 11.8 Å². The summed E-state index contributed by atoms with van der Waals surface area (Å²) in [6.45, 7) is 1.98. The van der Waals surface area contributed by atoms with Crippen LogP contribution in [0.4, 0.5) is 0 Å². The first-order chi connectivity index (χ1) is 8.58. The minimum absolute atomic E-state index is 0.120. The molecule has 2 atom stereocenters. The quantitative estimate of drug-likeness (QED) is 0.687. The van der Waals surface area contributed by atoms with Gasteiger partial charge in [0.2, 0.25) is 5.91 Å². The summed E-state index contributed by atoms with van der Waals surface area (Å²) in [5.41, 5.74) is 0.186. The number of carbonyl (C=O) groups is 2. The minimum atomic E-state index is -0.755. The SMILES string of the molecule is CC(=O)N1C[C@@H](O)[C@H](NC(=O)c2cnccn2)C1. The lowest BCUT2D eigenvalue weighted by atomic mass is 10.2. The zero-order chi connectivity index (χ0) is 13.1. The average Bonchev–Trinajstić information content (AvgIpc) is 2.72. The largest absolute Gasteiger partial charge is 0.389 e. The Hall–Kier alpha value is -2.02. The van der Waals surface area contributed by atoms with E-state index in [9.17, 15) is 14.7 Å². The van der Waals surface area contributed by atoms with Gasteiger partial charge in [-0.25, -0.2) is 4.98 Å². The molecule has 2 N–H and O–H groups in total. The smallest absolute Gasteiger partial charge is 0.271 e. The maximum absolute atomic E-state index is 11.8. The zero-order valence-corrected chi connectivity index (χ0v) is 9.91. The van der Waals surface area contributed by atoms with E-state index in [0.717, 1.165) is 0 Å². The van der Waals surface area contributed by atoms with E-state index >= 15 is 0 Å². The summed E-state index contributed by atoms with van der Waals surface area (Å²) in [4.78, 5) is 32.1. The molecule has 18 heavy (non-hydrogen) atoms. The highest BCUT2D eigenvalue weighted by molar-refractivity contribution is 5.92. The van der Waals surface area contributed by atoms with Crippen LogP contribution in [-0.2, 0) is 4.79 Å². The molecule has 1 aliphatic rings. The average molecular weight is 250 g/mol. The van der Waals surface area contributed by atoms with Gasteiger partial charge in [-0.05, 0) is 0 Å². The zero-order valence-electron chi connectivity index (χ0n) is 9.91. The van der Waals surface area contributed by atoms with Crippen LogP contribution in [0.1, 0.15) is 17.4 Å². The summed E-state index contributed by atoms with van der Waals surface area (Å²) in [5.74, 6) is -0.525. The highest BCUT2D eigenvalue weighted by Crippen LogP contribution is 2.10. The van der Waals surface area contributed by atoms with Gasteiger partial charge in [-0.15, -0.1) is 0 Å². The van der Waals surface area contributed by atoms with E-state index in [1.807, 2.05) is 0 Å². The lowest BCUT2D eigenvalue weighted by molar-refractivity contribution is -0.128. The molecule has 2 heterocycles. The van der Waals surface area contributed by atoms with E-state index < -0.39 is 18.1 Å². The molecule has 0 aliphatic carbocycles. The summed E-state index contributed by atoms with van der Waals surface area (Å²) in [6.07, 6.45) is 3.48. The van der Waals surface area contributed by atoms with Crippen molar-refractivity contribution < 1.29 is 14.7 Å². The molecule has 7 heteroatoms. The van der Waals surface area contributed by atoms with Gasteiger partial charge in [-0.1, -0.05) is 0 Å². The van der Waals surface area contributed by atoms with Crippen molar-refractivity contribution in [2.75, 3.05) is 13.1 Å². The fourth-order valence-electron chi connectivity index (χ4n) is 1.84. The van der Waals surface area contributed by atoms with Gasteiger partial charge >= 0.3 is 0 Å². The number of nitrogens with one attached hydrogen (secondary N) is 1. The topological polar surface area (TPSA) is 95.4 Å². The second-order valence-corrected chi connectivity index (χ2v) is 4.16. The third kappa shape index (κ3) is 2.62. The number of amides is 2. The number of aliphatic hydroxyl groups excluding tert-OH is 1. The molecule has 1 saturated heterocycles. The third-order valence-electron chi connectivity index (χ3n) is 2.85. The van der Waals surface area contributed by atoms with Crippen LogP contribution < -0.4 is 5.32 Å². The van der Waals surface area contributed by atoms with Crippen LogP contribution in [0.3, 0.4) is 0 Å². The second kappa shape index (κ2) is 5.09. The van der Waals surface area contributed by atoms with Crippen LogP contribution in [0.15, 0.2) is 18.6 Å². The summed E-state index contributed by atoms with van der Waals surface area (Å²) in [5, 5.41) is 12.4. The molecule has 0 bridgehead atoms. The van der Waals surface area contributed by atoms with Gasteiger partial charge in [-0.2, -0.15) is 0 Å². The van der Waals surface area contributed by atoms with E-state index in [-0.39, 0.29) is 18.1 Å². The minimum Gasteiger partial charge on any atom is -0.389 e. The van der Waals surface area contributed by atoms with E-state index in [0.29, 0.717) is 6.54 Å². The first-order valence-corrected chi connectivity index (χ1v) is 5.58. The van der Waals surface area contributed by atoms with E-state index in [4.69, 9.17) is 0 Å². The van der Waals surface area contributed by atoms with Crippen molar-refractivity contribution in [2.45, 2.75) is 19.1 Å². The molecule has 1 fully saturated rings. The normalized spacial score (nSPS) is 22.9. The number of β-amino-alcohol motifs (C(OH)–C–C–N with tert-alkyl or cyclic N) is 1. The molecular formula is C11H14N4O3. The van der Waals surface area contributed by atoms with Crippen molar-refractivity contribution in [1.82, 2.24) is 20.2 Å². The monoisotopic (exact) mass is 250 g/mol. The standard InChI is InChI=1S/C11H14N4O3/c1-7(16)15-5-9(10(17)6-15)14-11(18)8-4-12-2-3-13-8/h2-4,9-10,17H,5-6H2,1H3,(H,14,18)/t9-,10-/m1/s1. The molecular weight excluding hydrogens is 236 g/mol. The molecule has 1 aromatic rings. The summed E-state index contributed by atoms with van der Waals surface area (Å²) in [7, 11) is 0. The van der Waals surface area contributed by atoms with Crippen molar-refractivity contribution in [2.24, 2.45) is 0 Å². The van der Waals surface area contributed by atoms with Gasteiger partial charge in [-0.3, -0.25) is 14.6 Å². The summed E-state index contributed by atoms with van der Waals surface area (Å²) < 4.78 is 0. The van der Waals surface area contributed by atoms with Crippen LogP contribution >= 0.6 is 0 Å². The first-order valence-electron chi connectivity index (χ1n) is 5.58. The number of likely N-dealkylation sites (tertiary alicyclic amines) is 1. The molecule has 0 unspecified atom stereocenters. The Kier molecular flexibility index (Phi) is 3.52. The lowest BCUT2D eigenvalue weighted by Gasteiger charge is -2.15. The van der Waals surface area contributed by atoms with Crippen molar-refractivity contribution in [3.63, 3.8) is 0 Å². The lowest BCUT2D eigenvalue weighted by Crippen LogP contribution is -2.43. The van der Waals surface area contributed by atoms with Gasteiger partial charge in [0, 0.05) is 32.4 Å². The van der Waals surface area contributed by atoms with Crippen molar-refractivity contribution in [3.8, 4) is 0 Å².